The fourth-order valence-electron chi connectivity index (χ4n) is 3.30. The van der Waals surface area contributed by atoms with E-state index in [1.54, 1.807) is 6.20 Å². The molecule has 0 bridgehead atoms. The van der Waals surface area contributed by atoms with E-state index in [-0.39, 0.29) is 0 Å². The molecule has 3 unspecified atom stereocenters. The van der Waals surface area contributed by atoms with Gasteiger partial charge in [0.05, 0.1) is 29.5 Å². The van der Waals surface area contributed by atoms with Crippen LogP contribution in [0, 0.1) is 11.8 Å². The molecule has 114 valence electrons. The molecule has 2 rings (SSSR count). The van der Waals surface area contributed by atoms with Crippen LogP contribution in [0.1, 0.15) is 37.9 Å². The smallest absolute Gasteiger partial charge is 0.0834 e. The van der Waals surface area contributed by atoms with Gasteiger partial charge in [-0.05, 0) is 45.8 Å². The predicted octanol–water partition coefficient (Wildman–Crippen LogP) is 2.79. The first-order chi connectivity index (χ1) is 9.52. The molecule has 0 aliphatic heterocycles. The van der Waals surface area contributed by atoms with Crippen molar-refractivity contribution >= 4 is 11.6 Å². The lowest BCUT2D eigenvalue weighted by Gasteiger charge is -2.25. The van der Waals surface area contributed by atoms with Crippen LogP contribution in [0.5, 0.6) is 0 Å². The molecule has 0 saturated heterocycles. The molecule has 0 radical (unpaired) electrons. The minimum absolute atomic E-state index is 0.317. The third-order valence-electron chi connectivity index (χ3n) is 4.40. The van der Waals surface area contributed by atoms with Gasteiger partial charge in [0.2, 0.25) is 0 Å². The Labute approximate surface area is 127 Å². The molecule has 4 nitrogen and oxygen atoms in total. The number of hydrogen-bond acceptors (Lipinski definition) is 3. The topological polar surface area (TPSA) is 33.1 Å². The summed E-state index contributed by atoms with van der Waals surface area (Å²) in [6.07, 6.45) is 5.67. The minimum Gasteiger partial charge on any atom is -0.311 e. The maximum atomic E-state index is 6.41. The van der Waals surface area contributed by atoms with Crippen molar-refractivity contribution in [1.82, 2.24) is 20.0 Å². The van der Waals surface area contributed by atoms with E-state index in [0.29, 0.717) is 12.0 Å². The maximum absolute atomic E-state index is 6.41. The molecule has 0 amide bonds. The monoisotopic (exact) mass is 298 g/mol. The summed E-state index contributed by atoms with van der Waals surface area (Å²) in [5.41, 5.74) is 1.16. The predicted molar refractivity (Wildman–Crippen MR) is 84.1 cm³/mol. The first-order valence-electron chi connectivity index (χ1n) is 7.56. The molecular formula is C15H27ClN4. The van der Waals surface area contributed by atoms with Crippen molar-refractivity contribution < 1.29 is 0 Å². The Hall–Kier alpha value is -0.580. The van der Waals surface area contributed by atoms with Gasteiger partial charge < -0.3 is 10.2 Å². The van der Waals surface area contributed by atoms with E-state index in [2.05, 4.69) is 41.0 Å². The number of rotatable bonds is 6. The van der Waals surface area contributed by atoms with Crippen molar-refractivity contribution in [2.24, 2.45) is 11.8 Å². The van der Waals surface area contributed by atoms with Crippen LogP contribution >= 0.6 is 11.6 Å². The van der Waals surface area contributed by atoms with Gasteiger partial charge in [0.25, 0.3) is 0 Å². The van der Waals surface area contributed by atoms with Gasteiger partial charge in [-0.15, -0.1) is 0 Å². The number of hydrogen-bond donors (Lipinski definition) is 1. The second kappa shape index (κ2) is 6.92. The Morgan fingerprint density at radius 2 is 2.25 bits per heavy atom. The fraction of sp³-hybridized carbons (Fsp3) is 0.800. The minimum atomic E-state index is 0.317. The van der Waals surface area contributed by atoms with Gasteiger partial charge in [0.1, 0.15) is 0 Å². The highest BCUT2D eigenvalue weighted by Gasteiger charge is 2.32. The van der Waals surface area contributed by atoms with E-state index >= 15 is 0 Å². The molecular weight excluding hydrogens is 272 g/mol. The number of nitrogens with one attached hydrogen (secondary N) is 1. The van der Waals surface area contributed by atoms with E-state index < -0.39 is 0 Å². The van der Waals surface area contributed by atoms with Gasteiger partial charge in [-0.3, -0.25) is 4.68 Å². The molecule has 1 aliphatic rings. The molecule has 0 spiro atoms. The molecule has 0 aromatic carbocycles. The van der Waals surface area contributed by atoms with Gasteiger partial charge >= 0.3 is 0 Å². The van der Waals surface area contributed by atoms with Crippen LogP contribution in [0.15, 0.2) is 6.20 Å². The van der Waals surface area contributed by atoms with Gasteiger partial charge in [0.15, 0.2) is 0 Å². The zero-order valence-electron chi connectivity index (χ0n) is 13.1. The van der Waals surface area contributed by atoms with Gasteiger partial charge in [-0.1, -0.05) is 24.9 Å². The summed E-state index contributed by atoms with van der Waals surface area (Å²) >= 11 is 6.41. The molecule has 20 heavy (non-hydrogen) atoms. The number of aromatic nitrogens is 2. The average Bonchev–Trinajstić information content (AvgIpc) is 2.97. The molecule has 1 aliphatic carbocycles. The summed E-state index contributed by atoms with van der Waals surface area (Å²) in [6.45, 7) is 4.20. The summed E-state index contributed by atoms with van der Waals surface area (Å²) < 4.78 is 2.08. The van der Waals surface area contributed by atoms with E-state index in [0.717, 1.165) is 29.7 Å². The zero-order chi connectivity index (χ0) is 14.7. The molecule has 1 aromatic heterocycles. The standard InChI is InChI=1S/C15H27ClN4/c1-11-5-6-12(9-11)14(17-2)15-13(16)10-18-20(15)8-7-19(3)4/h10-12,14,17H,5-9H2,1-4H3. The summed E-state index contributed by atoms with van der Waals surface area (Å²) in [5, 5.41) is 8.74. The van der Waals surface area contributed by atoms with Crippen molar-refractivity contribution in [2.45, 2.75) is 38.8 Å². The highest BCUT2D eigenvalue weighted by molar-refractivity contribution is 6.31. The van der Waals surface area contributed by atoms with E-state index in [1.807, 2.05) is 7.05 Å². The Balaban J connectivity index is 2.18. The lowest BCUT2D eigenvalue weighted by atomic mass is 9.94. The van der Waals surface area contributed by atoms with Crippen LogP contribution < -0.4 is 5.32 Å². The van der Waals surface area contributed by atoms with E-state index in [4.69, 9.17) is 11.6 Å². The number of nitrogens with zero attached hydrogens (tertiary/aromatic N) is 3. The third kappa shape index (κ3) is 3.54. The van der Waals surface area contributed by atoms with Gasteiger partial charge in [0, 0.05) is 6.54 Å². The molecule has 1 saturated carbocycles. The van der Waals surface area contributed by atoms with Crippen molar-refractivity contribution in [1.29, 1.82) is 0 Å². The van der Waals surface area contributed by atoms with Crippen molar-refractivity contribution in [3.05, 3.63) is 16.9 Å². The number of likely N-dealkylation sites (N-methyl/N-ethyl adjacent to an activating group) is 1. The van der Waals surface area contributed by atoms with Crippen LogP contribution in [0.3, 0.4) is 0 Å². The largest absolute Gasteiger partial charge is 0.311 e. The third-order valence-corrected chi connectivity index (χ3v) is 4.70. The highest BCUT2D eigenvalue weighted by Crippen LogP contribution is 2.40. The Kier molecular flexibility index (Phi) is 5.47. The van der Waals surface area contributed by atoms with Crippen molar-refractivity contribution in [3.63, 3.8) is 0 Å². The molecule has 1 heterocycles. The van der Waals surface area contributed by atoms with Crippen LogP contribution in [0.4, 0.5) is 0 Å². The first-order valence-corrected chi connectivity index (χ1v) is 7.94. The van der Waals surface area contributed by atoms with Crippen LogP contribution in [0.25, 0.3) is 0 Å². The quantitative estimate of drug-likeness (QED) is 0.877. The zero-order valence-corrected chi connectivity index (χ0v) is 13.8. The first kappa shape index (κ1) is 15.8. The van der Waals surface area contributed by atoms with E-state index in [1.165, 1.54) is 19.3 Å². The van der Waals surface area contributed by atoms with E-state index in [9.17, 15) is 0 Å². The van der Waals surface area contributed by atoms with Gasteiger partial charge in [-0.25, -0.2) is 0 Å². The molecule has 1 fully saturated rings. The second-order valence-corrected chi connectivity index (χ2v) is 6.76. The van der Waals surface area contributed by atoms with Crippen molar-refractivity contribution in [2.75, 3.05) is 27.7 Å². The van der Waals surface area contributed by atoms with Gasteiger partial charge in [-0.2, -0.15) is 5.10 Å². The summed E-state index contributed by atoms with van der Waals surface area (Å²) in [7, 11) is 6.20. The second-order valence-electron chi connectivity index (χ2n) is 6.35. The molecule has 1 aromatic rings. The highest BCUT2D eigenvalue weighted by atomic mass is 35.5. The normalized spacial score (nSPS) is 24.5. The fourth-order valence-corrected chi connectivity index (χ4v) is 3.56. The lowest BCUT2D eigenvalue weighted by Crippen LogP contribution is -2.28. The molecule has 5 heteroatoms. The average molecular weight is 299 g/mol. The van der Waals surface area contributed by atoms with Crippen LogP contribution in [-0.4, -0.2) is 42.4 Å². The number of halogens is 1. The Morgan fingerprint density at radius 1 is 1.50 bits per heavy atom. The summed E-state index contributed by atoms with van der Waals surface area (Å²) in [6, 6.07) is 0.317. The molecule has 3 atom stereocenters. The van der Waals surface area contributed by atoms with Crippen LogP contribution in [-0.2, 0) is 6.54 Å². The lowest BCUT2D eigenvalue weighted by molar-refractivity contribution is 0.333. The summed E-state index contributed by atoms with van der Waals surface area (Å²) in [5.74, 6) is 1.50. The van der Waals surface area contributed by atoms with Crippen LogP contribution in [0.2, 0.25) is 5.02 Å². The maximum Gasteiger partial charge on any atom is 0.0834 e. The Bertz CT molecular complexity index is 430. The van der Waals surface area contributed by atoms with Crippen molar-refractivity contribution in [3.8, 4) is 0 Å². The summed E-state index contributed by atoms with van der Waals surface area (Å²) in [4.78, 5) is 2.17. The molecule has 1 N–H and O–H groups in total. The SMILES string of the molecule is CNC(c1c(Cl)cnn1CCN(C)C)C1CCC(C)C1. The Morgan fingerprint density at radius 3 is 2.80 bits per heavy atom.